The number of nitrogens with one attached hydrogen (secondary N) is 2. The maximum atomic E-state index is 12.8. The molecule has 2 N–H and O–H groups in total. The van der Waals surface area contributed by atoms with Gasteiger partial charge in [-0.1, -0.05) is 6.07 Å². The SMILES string of the molecule is COCCOc1ncccc1NC(=O)c1ccc(NC(C)c2ccccn2)c([N+](=O)[O-])c1. The molecule has 0 aliphatic carbocycles. The predicted octanol–water partition coefficient (Wildman–Crippen LogP) is 3.84. The van der Waals surface area contributed by atoms with E-state index in [4.69, 9.17) is 9.47 Å². The van der Waals surface area contributed by atoms with Gasteiger partial charge in [0.1, 0.15) is 18.0 Å². The molecule has 1 unspecified atom stereocenters. The molecule has 166 valence electrons. The fourth-order valence-corrected chi connectivity index (χ4v) is 2.90. The van der Waals surface area contributed by atoms with Crippen LogP contribution in [0.25, 0.3) is 0 Å². The molecule has 3 aromatic rings. The normalized spacial score (nSPS) is 11.4. The molecule has 32 heavy (non-hydrogen) atoms. The van der Waals surface area contributed by atoms with Crippen LogP contribution in [0, 0.1) is 10.1 Å². The molecule has 2 aromatic heterocycles. The molecule has 0 spiro atoms. The van der Waals surface area contributed by atoms with Gasteiger partial charge in [0.05, 0.1) is 23.3 Å². The molecule has 3 rings (SSSR count). The summed E-state index contributed by atoms with van der Waals surface area (Å²) in [4.78, 5) is 32.2. The summed E-state index contributed by atoms with van der Waals surface area (Å²) in [7, 11) is 1.55. The average molecular weight is 437 g/mol. The highest BCUT2D eigenvalue weighted by Gasteiger charge is 2.20. The first-order valence-corrected chi connectivity index (χ1v) is 9.83. The summed E-state index contributed by atoms with van der Waals surface area (Å²) in [6.07, 6.45) is 3.19. The number of carbonyl (C=O) groups excluding carboxylic acids is 1. The molecule has 0 saturated carbocycles. The number of nitrogens with zero attached hydrogens (tertiary/aromatic N) is 3. The highest BCUT2D eigenvalue weighted by molar-refractivity contribution is 6.05. The lowest BCUT2D eigenvalue weighted by molar-refractivity contribution is -0.384. The number of hydrogen-bond acceptors (Lipinski definition) is 8. The van der Waals surface area contributed by atoms with Crippen LogP contribution in [-0.2, 0) is 4.74 Å². The van der Waals surface area contributed by atoms with Crippen LogP contribution in [0.3, 0.4) is 0 Å². The van der Waals surface area contributed by atoms with Gasteiger partial charge in [-0.15, -0.1) is 0 Å². The van der Waals surface area contributed by atoms with Crippen molar-refractivity contribution in [1.29, 1.82) is 0 Å². The van der Waals surface area contributed by atoms with E-state index < -0.39 is 10.8 Å². The van der Waals surface area contributed by atoms with Crippen molar-refractivity contribution in [3.8, 4) is 5.88 Å². The second kappa shape index (κ2) is 10.8. The highest BCUT2D eigenvalue weighted by atomic mass is 16.6. The van der Waals surface area contributed by atoms with Crippen molar-refractivity contribution in [2.75, 3.05) is 31.0 Å². The summed E-state index contributed by atoms with van der Waals surface area (Å²) in [5.74, 6) is -0.295. The first-order valence-electron chi connectivity index (χ1n) is 9.83. The molecule has 2 heterocycles. The number of anilines is 2. The van der Waals surface area contributed by atoms with E-state index in [1.807, 2.05) is 19.1 Å². The van der Waals surface area contributed by atoms with Gasteiger partial charge < -0.3 is 20.1 Å². The molecule has 0 aliphatic rings. The standard InChI is InChI=1S/C22H23N5O5/c1-15(17-6-3-4-10-23-17)25-18-9-8-16(14-20(18)27(29)30)21(28)26-19-7-5-11-24-22(19)32-13-12-31-2/h3-11,14-15,25H,12-13H2,1-2H3,(H,26,28). The van der Waals surface area contributed by atoms with Crippen molar-refractivity contribution in [2.45, 2.75) is 13.0 Å². The first-order chi connectivity index (χ1) is 15.5. The minimum atomic E-state index is -0.534. The predicted molar refractivity (Wildman–Crippen MR) is 119 cm³/mol. The van der Waals surface area contributed by atoms with Crippen LogP contribution >= 0.6 is 0 Å². The van der Waals surface area contributed by atoms with Gasteiger partial charge >= 0.3 is 0 Å². The van der Waals surface area contributed by atoms with Crippen molar-refractivity contribution in [2.24, 2.45) is 0 Å². The second-order valence-corrected chi connectivity index (χ2v) is 6.76. The Bertz CT molecular complexity index is 1080. The van der Waals surface area contributed by atoms with Crippen LogP contribution in [0.1, 0.15) is 29.0 Å². The van der Waals surface area contributed by atoms with E-state index in [9.17, 15) is 14.9 Å². The molecule has 1 atom stereocenters. The van der Waals surface area contributed by atoms with Crippen molar-refractivity contribution in [3.63, 3.8) is 0 Å². The summed E-state index contributed by atoms with van der Waals surface area (Å²) < 4.78 is 10.4. The van der Waals surface area contributed by atoms with Gasteiger partial charge in [0, 0.05) is 31.1 Å². The average Bonchev–Trinajstić information content (AvgIpc) is 2.81. The molecular weight excluding hydrogens is 414 g/mol. The minimum absolute atomic E-state index is 0.124. The number of benzene rings is 1. The highest BCUT2D eigenvalue weighted by Crippen LogP contribution is 2.29. The Hall–Kier alpha value is -4.05. The van der Waals surface area contributed by atoms with Crippen molar-refractivity contribution >= 4 is 23.0 Å². The van der Waals surface area contributed by atoms with Gasteiger partial charge in [0.25, 0.3) is 11.6 Å². The van der Waals surface area contributed by atoms with Crippen molar-refractivity contribution in [3.05, 3.63) is 82.3 Å². The van der Waals surface area contributed by atoms with Gasteiger partial charge in [0.15, 0.2) is 0 Å². The monoisotopic (exact) mass is 437 g/mol. The smallest absolute Gasteiger partial charge is 0.293 e. The maximum Gasteiger partial charge on any atom is 0.293 e. The summed E-state index contributed by atoms with van der Waals surface area (Å²) in [5, 5.41) is 17.4. The third-order valence-corrected chi connectivity index (χ3v) is 4.51. The molecule has 0 radical (unpaired) electrons. The van der Waals surface area contributed by atoms with Gasteiger partial charge in [-0.3, -0.25) is 19.9 Å². The summed E-state index contributed by atoms with van der Waals surface area (Å²) >= 11 is 0. The van der Waals surface area contributed by atoms with E-state index in [1.54, 1.807) is 31.5 Å². The lowest BCUT2D eigenvalue weighted by Crippen LogP contribution is -2.15. The van der Waals surface area contributed by atoms with Crippen LogP contribution < -0.4 is 15.4 Å². The maximum absolute atomic E-state index is 12.8. The number of aromatic nitrogens is 2. The number of ether oxygens (including phenoxy) is 2. The van der Waals surface area contributed by atoms with Crippen LogP contribution in [0.15, 0.2) is 60.9 Å². The fraction of sp³-hybridized carbons (Fsp3) is 0.227. The zero-order valence-electron chi connectivity index (χ0n) is 17.6. The largest absolute Gasteiger partial charge is 0.474 e. The van der Waals surface area contributed by atoms with Crippen molar-refractivity contribution < 1.29 is 19.2 Å². The van der Waals surface area contributed by atoms with E-state index >= 15 is 0 Å². The van der Waals surface area contributed by atoms with E-state index in [-0.39, 0.29) is 35.5 Å². The summed E-state index contributed by atoms with van der Waals surface area (Å²) in [6.45, 7) is 2.47. The minimum Gasteiger partial charge on any atom is -0.474 e. The molecule has 1 amide bonds. The van der Waals surface area contributed by atoms with Crippen molar-refractivity contribution in [1.82, 2.24) is 9.97 Å². The number of methoxy groups -OCH3 is 1. The molecule has 0 bridgehead atoms. The van der Waals surface area contributed by atoms with Crippen LogP contribution in [0.4, 0.5) is 17.1 Å². The van der Waals surface area contributed by atoms with Gasteiger partial charge in [-0.25, -0.2) is 4.98 Å². The molecule has 10 heteroatoms. The lowest BCUT2D eigenvalue weighted by atomic mass is 10.1. The zero-order chi connectivity index (χ0) is 22.9. The summed E-state index contributed by atoms with van der Waals surface area (Å²) in [6, 6.07) is 12.7. The van der Waals surface area contributed by atoms with Gasteiger partial charge in [-0.2, -0.15) is 0 Å². The third kappa shape index (κ3) is 5.76. The number of nitro benzene ring substituents is 1. The number of pyridine rings is 2. The Morgan fingerprint density at radius 1 is 1.09 bits per heavy atom. The Labute approximate surface area is 184 Å². The molecule has 0 saturated heterocycles. The molecule has 1 aromatic carbocycles. The van der Waals surface area contributed by atoms with E-state index in [1.165, 1.54) is 24.4 Å². The van der Waals surface area contributed by atoms with E-state index in [0.717, 1.165) is 5.69 Å². The van der Waals surface area contributed by atoms with Gasteiger partial charge in [-0.05, 0) is 43.3 Å². The lowest BCUT2D eigenvalue weighted by Gasteiger charge is -2.15. The number of hydrogen-bond donors (Lipinski definition) is 2. The Morgan fingerprint density at radius 2 is 1.91 bits per heavy atom. The number of carbonyl (C=O) groups is 1. The Morgan fingerprint density at radius 3 is 2.62 bits per heavy atom. The Kier molecular flexibility index (Phi) is 7.65. The molecule has 10 nitrogen and oxygen atoms in total. The van der Waals surface area contributed by atoms with E-state index in [2.05, 4.69) is 20.6 Å². The second-order valence-electron chi connectivity index (χ2n) is 6.76. The number of amides is 1. The zero-order valence-corrected chi connectivity index (χ0v) is 17.6. The number of nitro groups is 1. The topological polar surface area (TPSA) is 129 Å². The fourth-order valence-electron chi connectivity index (χ4n) is 2.90. The van der Waals surface area contributed by atoms with Gasteiger partial charge in [0.2, 0.25) is 5.88 Å². The Balaban J connectivity index is 1.78. The van der Waals surface area contributed by atoms with Crippen LogP contribution in [-0.4, -0.2) is 41.1 Å². The molecular formula is C22H23N5O5. The van der Waals surface area contributed by atoms with Crippen LogP contribution in [0.2, 0.25) is 0 Å². The summed E-state index contributed by atoms with van der Waals surface area (Å²) in [5.41, 5.74) is 1.28. The number of rotatable bonds is 10. The quantitative estimate of drug-likeness (QED) is 0.278. The van der Waals surface area contributed by atoms with E-state index in [0.29, 0.717) is 12.3 Å². The first kappa shape index (κ1) is 22.6. The third-order valence-electron chi connectivity index (χ3n) is 4.51. The molecule has 0 fully saturated rings. The van der Waals surface area contributed by atoms with Crippen LogP contribution in [0.5, 0.6) is 5.88 Å². The molecule has 0 aliphatic heterocycles.